The summed E-state index contributed by atoms with van der Waals surface area (Å²) < 4.78 is 0. The minimum absolute atomic E-state index is 0.581. The number of hydrogen-bond donors (Lipinski definition) is 2. The van der Waals surface area contributed by atoms with Crippen molar-refractivity contribution in [1.29, 1.82) is 0 Å². The van der Waals surface area contributed by atoms with Crippen molar-refractivity contribution in [3.05, 3.63) is 0 Å². The molecule has 0 fully saturated rings. The predicted molar refractivity (Wildman–Crippen MR) is 77.2 cm³/mol. The molecule has 0 aliphatic carbocycles. The van der Waals surface area contributed by atoms with E-state index >= 15 is 0 Å². The summed E-state index contributed by atoms with van der Waals surface area (Å²) in [5, 5.41) is 3.69. The van der Waals surface area contributed by atoms with E-state index in [0.717, 1.165) is 25.6 Å². The Morgan fingerprint density at radius 2 is 1.71 bits per heavy atom. The average Bonchev–Trinajstić information content (AvgIpc) is 2.15. The Morgan fingerprint density at radius 3 is 2.06 bits per heavy atom. The molecule has 0 aromatic heterocycles. The van der Waals surface area contributed by atoms with Crippen molar-refractivity contribution in [2.24, 2.45) is 23.5 Å². The molecule has 0 aliphatic heterocycles. The third-order valence-electron chi connectivity index (χ3n) is 3.26. The van der Waals surface area contributed by atoms with Gasteiger partial charge in [0.2, 0.25) is 0 Å². The third kappa shape index (κ3) is 8.58. The first-order valence-electron chi connectivity index (χ1n) is 6.95. The summed E-state index contributed by atoms with van der Waals surface area (Å²) in [7, 11) is 4.27. The second kappa shape index (κ2) is 8.90. The van der Waals surface area contributed by atoms with Gasteiger partial charge in [-0.15, -0.1) is 0 Å². The molecule has 3 nitrogen and oxygen atoms in total. The molecule has 17 heavy (non-hydrogen) atoms. The summed E-state index contributed by atoms with van der Waals surface area (Å²) >= 11 is 0. The van der Waals surface area contributed by atoms with E-state index in [4.69, 9.17) is 5.73 Å². The van der Waals surface area contributed by atoms with Crippen LogP contribution in [0.1, 0.15) is 34.1 Å². The number of nitrogens with two attached hydrogens (primary N) is 1. The fourth-order valence-electron chi connectivity index (χ4n) is 2.14. The first-order chi connectivity index (χ1) is 7.86. The van der Waals surface area contributed by atoms with Gasteiger partial charge in [-0.05, 0) is 51.4 Å². The molecule has 0 saturated heterocycles. The molecular weight excluding hydrogens is 210 g/mol. The number of rotatable bonds is 9. The van der Waals surface area contributed by atoms with Crippen molar-refractivity contribution in [3.63, 3.8) is 0 Å². The van der Waals surface area contributed by atoms with Crippen LogP contribution >= 0.6 is 0 Å². The van der Waals surface area contributed by atoms with Gasteiger partial charge in [0.25, 0.3) is 0 Å². The fraction of sp³-hybridized carbons (Fsp3) is 1.00. The zero-order valence-electron chi connectivity index (χ0n) is 12.7. The first-order valence-corrected chi connectivity index (χ1v) is 6.95. The normalized spacial score (nSPS) is 15.9. The van der Waals surface area contributed by atoms with Crippen LogP contribution in [0.25, 0.3) is 0 Å². The number of likely N-dealkylation sites (N-methyl/N-ethyl adjacent to an activating group) is 1. The van der Waals surface area contributed by atoms with Crippen LogP contribution in [0, 0.1) is 17.8 Å². The minimum Gasteiger partial charge on any atom is -0.330 e. The molecule has 0 bridgehead atoms. The first kappa shape index (κ1) is 16.9. The molecule has 0 heterocycles. The molecule has 2 atom stereocenters. The van der Waals surface area contributed by atoms with Gasteiger partial charge in [0, 0.05) is 12.6 Å². The molecule has 0 aromatic carbocycles. The van der Waals surface area contributed by atoms with Crippen LogP contribution in [0.3, 0.4) is 0 Å². The average molecular weight is 243 g/mol. The topological polar surface area (TPSA) is 41.3 Å². The lowest BCUT2D eigenvalue weighted by Gasteiger charge is -2.27. The van der Waals surface area contributed by atoms with Crippen molar-refractivity contribution in [2.45, 2.75) is 40.2 Å². The summed E-state index contributed by atoms with van der Waals surface area (Å²) in [5.74, 6) is 1.99. The molecule has 3 N–H and O–H groups in total. The van der Waals surface area contributed by atoms with Gasteiger partial charge in [0.1, 0.15) is 0 Å². The quantitative estimate of drug-likeness (QED) is 0.649. The van der Waals surface area contributed by atoms with Crippen LogP contribution in [0.5, 0.6) is 0 Å². The Morgan fingerprint density at radius 1 is 1.12 bits per heavy atom. The summed E-state index contributed by atoms with van der Waals surface area (Å²) in [6.45, 7) is 12.0. The second-order valence-electron chi connectivity index (χ2n) is 6.24. The molecule has 0 amide bonds. The zero-order valence-corrected chi connectivity index (χ0v) is 12.7. The highest BCUT2D eigenvalue weighted by molar-refractivity contribution is 4.75. The Hall–Kier alpha value is -0.120. The Balaban J connectivity index is 4.13. The molecular formula is C14H33N3. The molecule has 104 valence electrons. The van der Waals surface area contributed by atoms with E-state index in [1.54, 1.807) is 0 Å². The van der Waals surface area contributed by atoms with Crippen LogP contribution in [-0.2, 0) is 0 Å². The van der Waals surface area contributed by atoms with Gasteiger partial charge in [0.15, 0.2) is 0 Å². The van der Waals surface area contributed by atoms with Crippen LogP contribution in [-0.4, -0.2) is 44.7 Å². The zero-order chi connectivity index (χ0) is 13.4. The van der Waals surface area contributed by atoms with Gasteiger partial charge in [-0.2, -0.15) is 0 Å². The Labute approximate surface area is 108 Å². The highest BCUT2D eigenvalue weighted by atomic mass is 15.1. The van der Waals surface area contributed by atoms with Gasteiger partial charge >= 0.3 is 0 Å². The van der Waals surface area contributed by atoms with Crippen molar-refractivity contribution >= 4 is 0 Å². The van der Waals surface area contributed by atoms with Crippen molar-refractivity contribution in [2.75, 3.05) is 33.7 Å². The summed E-state index contributed by atoms with van der Waals surface area (Å²) in [4.78, 5) is 2.26. The van der Waals surface area contributed by atoms with Gasteiger partial charge in [-0.3, -0.25) is 0 Å². The second-order valence-corrected chi connectivity index (χ2v) is 6.24. The summed E-state index contributed by atoms with van der Waals surface area (Å²) in [6.07, 6.45) is 1.23. The number of nitrogens with one attached hydrogen (secondary N) is 1. The Kier molecular flexibility index (Phi) is 8.83. The van der Waals surface area contributed by atoms with Crippen LogP contribution in [0.4, 0.5) is 0 Å². The fourth-order valence-corrected chi connectivity index (χ4v) is 2.14. The predicted octanol–water partition coefficient (Wildman–Crippen LogP) is 1.78. The minimum atomic E-state index is 0.581. The summed E-state index contributed by atoms with van der Waals surface area (Å²) in [6, 6.07) is 0.581. The molecule has 0 rings (SSSR count). The van der Waals surface area contributed by atoms with Crippen molar-refractivity contribution < 1.29 is 0 Å². The van der Waals surface area contributed by atoms with Crippen molar-refractivity contribution in [1.82, 2.24) is 10.2 Å². The van der Waals surface area contributed by atoms with Gasteiger partial charge in [-0.25, -0.2) is 0 Å². The van der Waals surface area contributed by atoms with Crippen LogP contribution in [0.2, 0.25) is 0 Å². The maximum absolute atomic E-state index is 5.81. The molecule has 0 aromatic rings. The molecule has 3 heteroatoms. The van der Waals surface area contributed by atoms with E-state index in [9.17, 15) is 0 Å². The molecule has 0 radical (unpaired) electrons. The van der Waals surface area contributed by atoms with E-state index in [-0.39, 0.29) is 0 Å². The SMILES string of the molecule is CC(C)CC(CN(C)C)NCC(CN)C(C)C. The molecule has 0 aliphatic rings. The molecule has 2 unspecified atom stereocenters. The summed E-state index contributed by atoms with van der Waals surface area (Å²) in [5.41, 5.74) is 5.81. The smallest absolute Gasteiger partial charge is 0.0197 e. The van der Waals surface area contributed by atoms with Gasteiger partial charge in [0.05, 0.1) is 0 Å². The maximum atomic E-state index is 5.81. The van der Waals surface area contributed by atoms with Crippen LogP contribution < -0.4 is 11.1 Å². The number of nitrogens with zero attached hydrogens (tertiary/aromatic N) is 1. The standard InChI is InChI=1S/C14H33N3/c1-11(2)7-14(10-17(5)6)16-9-13(8-15)12(3)4/h11-14,16H,7-10,15H2,1-6H3. The maximum Gasteiger partial charge on any atom is 0.0197 e. The van der Waals surface area contributed by atoms with E-state index in [0.29, 0.717) is 17.9 Å². The van der Waals surface area contributed by atoms with E-state index in [1.165, 1.54) is 6.42 Å². The monoisotopic (exact) mass is 243 g/mol. The third-order valence-corrected chi connectivity index (χ3v) is 3.26. The highest BCUT2D eigenvalue weighted by Gasteiger charge is 2.16. The van der Waals surface area contributed by atoms with Crippen LogP contribution in [0.15, 0.2) is 0 Å². The molecule has 0 spiro atoms. The lowest BCUT2D eigenvalue weighted by atomic mass is 9.95. The van der Waals surface area contributed by atoms with Gasteiger partial charge in [-0.1, -0.05) is 27.7 Å². The molecule has 0 saturated carbocycles. The van der Waals surface area contributed by atoms with E-state index < -0.39 is 0 Å². The number of hydrogen-bond acceptors (Lipinski definition) is 3. The van der Waals surface area contributed by atoms with Crippen molar-refractivity contribution in [3.8, 4) is 0 Å². The van der Waals surface area contributed by atoms with E-state index in [1.807, 2.05) is 0 Å². The lowest BCUT2D eigenvalue weighted by Crippen LogP contribution is -2.43. The van der Waals surface area contributed by atoms with Gasteiger partial charge < -0.3 is 16.0 Å². The van der Waals surface area contributed by atoms with E-state index in [2.05, 4.69) is 52.0 Å². The largest absolute Gasteiger partial charge is 0.330 e. The highest BCUT2D eigenvalue weighted by Crippen LogP contribution is 2.10. The lowest BCUT2D eigenvalue weighted by molar-refractivity contribution is 0.278. The Bertz CT molecular complexity index is 168.